The van der Waals surface area contributed by atoms with Gasteiger partial charge in [-0.25, -0.2) is 4.98 Å². The minimum atomic E-state index is 0.826. The molecule has 100 valence electrons. The topological polar surface area (TPSA) is 31.4 Å². The molecule has 0 unspecified atom stereocenters. The number of aromatic nitrogens is 1. The molecule has 1 aliphatic carbocycles. The van der Waals surface area contributed by atoms with Gasteiger partial charge in [0.25, 0.3) is 0 Å². The van der Waals surface area contributed by atoms with Crippen molar-refractivity contribution in [1.29, 1.82) is 0 Å². The van der Waals surface area contributed by atoms with Gasteiger partial charge >= 0.3 is 0 Å². The van der Waals surface area contributed by atoms with Crippen LogP contribution in [-0.4, -0.2) is 19.2 Å². The van der Waals surface area contributed by atoms with Gasteiger partial charge in [0, 0.05) is 11.1 Å². The zero-order valence-electron chi connectivity index (χ0n) is 11.7. The molecule has 19 heavy (non-hydrogen) atoms. The molecule has 1 aromatic heterocycles. The predicted molar refractivity (Wildman–Crippen MR) is 76.2 cm³/mol. The van der Waals surface area contributed by atoms with E-state index in [0.29, 0.717) is 0 Å². The second kappa shape index (κ2) is 4.72. The summed E-state index contributed by atoms with van der Waals surface area (Å²) in [7, 11) is 3.40. The number of pyridine rings is 1. The summed E-state index contributed by atoms with van der Waals surface area (Å²) in [5, 5.41) is 1.10. The smallest absolute Gasteiger partial charge is 0.145 e. The Morgan fingerprint density at radius 1 is 1.00 bits per heavy atom. The number of methoxy groups -OCH3 is 2. The number of nitrogens with zero attached hydrogens (tertiary/aromatic N) is 1. The van der Waals surface area contributed by atoms with E-state index in [1.165, 1.54) is 29.7 Å². The molecule has 1 aliphatic rings. The quantitative estimate of drug-likeness (QED) is 0.826. The largest absolute Gasteiger partial charge is 0.496 e. The summed E-state index contributed by atoms with van der Waals surface area (Å²) in [6.07, 6.45) is 4.70. The van der Waals surface area contributed by atoms with Gasteiger partial charge in [0.15, 0.2) is 0 Å². The molecule has 0 radical (unpaired) electrons. The molecule has 2 aromatic rings. The molecule has 0 bridgehead atoms. The maximum atomic E-state index is 5.50. The highest BCUT2D eigenvalue weighted by atomic mass is 16.5. The average molecular weight is 257 g/mol. The third-order valence-electron chi connectivity index (χ3n) is 4.06. The summed E-state index contributed by atoms with van der Waals surface area (Å²) in [5.41, 5.74) is 4.88. The molecular formula is C16H19NO2. The Hall–Kier alpha value is -1.77. The third-order valence-corrected chi connectivity index (χ3v) is 4.06. The standard InChI is InChI=1S/C16H19NO2/c1-10-11-6-4-5-7-12(11)17-16-14(19-3)9-8-13(18-2)15(10)16/h8-9H,4-7H2,1-3H3. The van der Waals surface area contributed by atoms with E-state index in [9.17, 15) is 0 Å². The Morgan fingerprint density at radius 3 is 2.42 bits per heavy atom. The van der Waals surface area contributed by atoms with Gasteiger partial charge in [0.05, 0.1) is 14.2 Å². The third kappa shape index (κ3) is 1.84. The van der Waals surface area contributed by atoms with E-state index in [-0.39, 0.29) is 0 Å². The predicted octanol–water partition coefficient (Wildman–Crippen LogP) is 3.44. The molecule has 3 rings (SSSR count). The molecule has 3 nitrogen and oxygen atoms in total. The van der Waals surface area contributed by atoms with Crippen LogP contribution >= 0.6 is 0 Å². The van der Waals surface area contributed by atoms with Gasteiger partial charge in [-0.1, -0.05) is 0 Å². The molecule has 0 fully saturated rings. The van der Waals surface area contributed by atoms with Gasteiger partial charge < -0.3 is 9.47 Å². The zero-order chi connectivity index (χ0) is 13.4. The molecule has 0 amide bonds. The second-order valence-electron chi connectivity index (χ2n) is 5.06. The molecule has 1 aromatic carbocycles. The molecule has 0 saturated carbocycles. The monoisotopic (exact) mass is 257 g/mol. The molecule has 1 heterocycles. The number of fused-ring (bicyclic) bond motifs is 2. The van der Waals surface area contributed by atoms with Crippen LogP contribution in [0.15, 0.2) is 12.1 Å². The van der Waals surface area contributed by atoms with Crippen molar-refractivity contribution in [3.63, 3.8) is 0 Å². The van der Waals surface area contributed by atoms with Gasteiger partial charge in [0.1, 0.15) is 17.0 Å². The Balaban J connectivity index is 2.39. The Morgan fingerprint density at radius 2 is 1.68 bits per heavy atom. The summed E-state index contributed by atoms with van der Waals surface area (Å²) >= 11 is 0. The highest BCUT2D eigenvalue weighted by Gasteiger charge is 2.19. The molecule has 0 aliphatic heterocycles. The van der Waals surface area contributed by atoms with Crippen LogP contribution in [0.25, 0.3) is 10.9 Å². The lowest BCUT2D eigenvalue weighted by molar-refractivity contribution is 0.409. The maximum Gasteiger partial charge on any atom is 0.145 e. The number of ether oxygens (including phenoxy) is 2. The Kier molecular flexibility index (Phi) is 3.05. The van der Waals surface area contributed by atoms with Crippen LogP contribution in [0.4, 0.5) is 0 Å². The van der Waals surface area contributed by atoms with E-state index in [4.69, 9.17) is 14.5 Å². The second-order valence-corrected chi connectivity index (χ2v) is 5.06. The minimum absolute atomic E-state index is 0.826. The van der Waals surface area contributed by atoms with Gasteiger partial charge in [0.2, 0.25) is 0 Å². The first-order valence-electron chi connectivity index (χ1n) is 6.79. The van der Waals surface area contributed by atoms with Crippen LogP contribution in [0.2, 0.25) is 0 Å². The number of hydrogen-bond acceptors (Lipinski definition) is 3. The van der Waals surface area contributed by atoms with Crippen molar-refractivity contribution in [2.45, 2.75) is 32.6 Å². The average Bonchev–Trinajstić information content (AvgIpc) is 2.46. The fraction of sp³-hybridized carbons (Fsp3) is 0.438. The molecule has 3 heteroatoms. The van der Waals surface area contributed by atoms with Crippen LogP contribution in [0, 0.1) is 6.92 Å². The number of hydrogen-bond donors (Lipinski definition) is 0. The fourth-order valence-corrected chi connectivity index (χ4v) is 3.06. The highest BCUT2D eigenvalue weighted by molar-refractivity contribution is 5.93. The highest BCUT2D eigenvalue weighted by Crippen LogP contribution is 2.37. The van der Waals surface area contributed by atoms with E-state index < -0.39 is 0 Å². The van der Waals surface area contributed by atoms with E-state index >= 15 is 0 Å². The molecule has 0 atom stereocenters. The van der Waals surface area contributed by atoms with Crippen LogP contribution in [0.5, 0.6) is 11.5 Å². The first-order chi connectivity index (χ1) is 9.26. The molecule has 0 N–H and O–H groups in total. The molecule has 0 saturated heterocycles. The first-order valence-corrected chi connectivity index (χ1v) is 6.79. The van der Waals surface area contributed by atoms with Crippen LogP contribution < -0.4 is 9.47 Å². The van der Waals surface area contributed by atoms with E-state index in [1.807, 2.05) is 12.1 Å². The summed E-state index contributed by atoms with van der Waals surface area (Å²) < 4.78 is 11.0. The van der Waals surface area contributed by atoms with Crippen molar-refractivity contribution in [2.24, 2.45) is 0 Å². The van der Waals surface area contributed by atoms with Crippen molar-refractivity contribution in [1.82, 2.24) is 4.98 Å². The minimum Gasteiger partial charge on any atom is -0.496 e. The lowest BCUT2D eigenvalue weighted by Gasteiger charge is -2.20. The number of rotatable bonds is 2. The first kappa shape index (κ1) is 12.3. The summed E-state index contributed by atoms with van der Waals surface area (Å²) in [5.74, 6) is 1.71. The molecular weight excluding hydrogens is 238 g/mol. The Labute approximate surface area is 113 Å². The SMILES string of the molecule is COc1ccc(OC)c2c(C)c3c(nc12)CCCC3. The number of benzene rings is 1. The van der Waals surface area contributed by atoms with Crippen molar-refractivity contribution in [3.05, 3.63) is 29.0 Å². The van der Waals surface area contributed by atoms with Crippen LogP contribution in [-0.2, 0) is 12.8 Å². The van der Waals surface area contributed by atoms with Crippen molar-refractivity contribution < 1.29 is 9.47 Å². The van der Waals surface area contributed by atoms with Crippen molar-refractivity contribution in [2.75, 3.05) is 14.2 Å². The zero-order valence-corrected chi connectivity index (χ0v) is 11.7. The van der Waals surface area contributed by atoms with Gasteiger partial charge in [-0.05, 0) is 55.9 Å². The van der Waals surface area contributed by atoms with Gasteiger partial charge in [-0.3, -0.25) is 0 Å². The van der Waals surface area contributed by atoms with Crippen molar-refractivity contribution >= 4 is 10.9 Å². The van der Waals surface area contributed by atoms with Crippen molar-refractivity contribution in [3.8, 4) is 11.5 Å². The number of aryl methyl sites for hydroxylation is 2. The summed E-state index contributed by atoms with van der Waals surface area (Å²) in [4.78, 5) is 4.85. The van der Waals surface area contributed by atoms with E-state index in [0.717, 1.165) is 35.2 Å². The Bertz CT molecular complexity index is 634. The van der Waals surface area contributed by atoms with Gasteiger partial charge in [-0.15, -0.1) is 0 Å². The summed E-state index contributed by atoms with van der Waals surface area (Å²) in [6, 6.07) is 3.90. The van der Waals surface area contributed by atoms with E-state index in [1.54, 1.807) is 14.2 Å². The summed E-state index contributed by atoms with van der Waals surface area (Å²) in [6.45, 7) is 2.18. The van der Waals surface area contributed by atoms with Gasteiger partial charge in [-0.2, -0.15) is 0 Å². The van der Waals surface area contributed by atoms with Crippen LogP contribution in [0.3, 0.4) is 0 Å². The maximum absolute atomic E-state index is 5.50. The normalized spacial score (nSPS) is 14.3. The molecule has 0 spiro atoms. The fourth-order valence-electron chi connectivity index (χ4n) is 3.06. The van der Waals surface area contributed by atoms with E-state index in [2.05, 4.69) is 6.92 Å². The van der Waals surface area contributed by atoms with Crippen LogP contribution in [0.1, 0.15) is 29.7 Å². The lowest BCUT2D eigenvalue weighted by Crippen LogP contribution is -2.09. The lowest BCUT2D eigenvalue weighted by atomic mass is 9.90.